The molecule has 114 heavy (non-hydrogen) atoms. The van der Waals surface area contributed by atoms with E-state index in [1.807, 2.05) is 24.3 Å². The molecule has 0 aromatic heterocycles. The van der Waals surface area contributed by atoms with E-state index in [0.29, 0.717) is 28.5 Å². The van der Waals surface area contributed by atoms with Crippen LogP contribution in [0.2, 0.25) is 0 Å². The van der Waals surface area contributed by atoms with Crippen molar-refractivity contribution in [3.05, 3.63) is 258 Å². The summed E-state index contributed by atoms with van der Waals surface area (Å²) in [5.74, 6) is -2.15. The second kappa shape index (κ2) is 37.3. The topological polar surface area (TPSA) is 321 Å². The van der Waals surface area contributed by atoms with Crippen molar-refractivity contribution in [3.63, 3.8) is 0 Å². The Bertz CT molecular complexity index is 4980. The van der Waals surface area contributed by atoms with Crippen LogP contribution in [-0.4, -0.2) is 82.2 Å². The van der Waals surface area contributed by atoms with Crippen LogP contribution >= 0.6 is 0 Å². The molecule has 17 rings (SSSR count). The van der Waals surface area contributed by atoms with Gasteiger partial charge in [-0.1, -0.05) is 66.7 Å². The second-order valence-electron chi connectivity index (χ2n) is 29.7. The number of phenols is 10. The number of rotatable bonds is 12. The largest absolute Gasteiger partial charge is 0.504 e. The summed E-state index contributed by atoms with van der Waals surface area (Å²) < 4.78 is 0. The number of fused-ring (bicyclic) bond motifs is 6. The van der Waals surface area contributed by atoms with Gasteiger partial charge in [0.25, 0.3) is 0 Å². The number of anilines is 2. The number of nitrogens with two attached hydrogens (primary N) is 2. The zero-order chi connectivity index (χ0) is 77.9. The maximum atomic E-state index is 10.4. The van der Waals surface area contributed by atoms with Gasteiger partial charge in [-0.3, -0.25) is 24.8 Å². The zero-order valence-electron chi connectivity index (χ0n) is 63.4. The summed E-state index contributed by atoms with van der Waals surface area (Å²) in [7, 11) is 0. The van der Waals surface area contributed by atoms with Gasteiger partial charge in [0.05, 0.1) is 28.3 Å². The minimum Gasteiger partial charge on any atom is -0.504 e. The molecule has 14 N–H and O–H groups in total. The van der Waals surface area contributed by atoms with Crippen LogP contribution in [0.1, 0.15) is 176 Å². The Labute approximate surface area is 684 Å². The summed E-state index contributed by atoms with van der Waals surface area (Å²) in [6, 6.07) is 49.1. The molecule has 0 fully saturated rings. The van der Waals surface area contributed by atoms with Crippen molar-refractivity contribution in [2.45, 2.75) is 154 Å². The maximum absolute atomic E-state index is 10.4. The molecule has 0 saturated heterocycles. The standard InChI is InChI=1S/2C34H32N2O4.C20H24N2.C7H6O3.2Ni/c2*37-29-13-5-9-23(33(29)39)19-35-27-17-15-21-7-1-3-11-25(21)31(27)32-26-12-4-2-8-22(26)16-18-28(32)36-20-24-10-6-14-30(38)34(24)40;21-17-11-9-13-5-1-3-7-15(13)19(17)20-16-8-4-2-6-14(16)10-12-18(20)22;8-4-5-2-1-3-6(9)7(5)10;;/h2*5-6,9-10,13-20,37-40H,1-4,7-8,11-12H2;9-12H,1-8,21-22H2;1-4,9-10H;;. The molecule has 17 nitrogen and oxygen atoms in total. The number of nitrogen functional groups attached to an aromatic ring is 2. The first-order valence-electron chi connectivity index (χ1n) is 39.1. The Kier molecular flexibility index (Phi) is 26.8. The van der Waals surface area contributed by atoms with Gasteiger partial charge in [0.2, 0.25) is 0 Å². The minimum absolute atomic E-state index is 0. The van der Waals surface area contributed by atoms with Crippen LogP contribution in [0.25, 0.3) is 33.4 Å². The molecule has 11 aromatic rings. The van der Waals surface area contributed by atoms with Gasteiger partial charge in [0.15, 0.2) is 63.8 Å². The average molecular weight is 1610 g/mol. The quantitative estimate of drug-likeness (QED) is 0.0178. The molecule has 0 unspecified atom stereocenters. The van der Waals surface area contributed by atoms with E-state index < -0.39 is 0 Å². The molecule has 0 aliphatic heterocycles. The molecule has 0 bridgehead atoms. The number of aldehydes is 1. The van der Waals surface area contributed by atoms with Gasteiger partial charge in [-0.25, -0.2) is 0 Å². The van der Waals surface area contributed by atoms with Gasteiger partial charge in [-0.2, -0.15) is 0 Å². The van der Waals surface area contributed by atoms with Gasteiger partial charge in [-0.15, -0.1) is 0 Å². The number of benzene rings is 11. The summed E-state index contributed by atoms with van der Waals surface area (Å²) in [4.78, 5) is 29.6. The Balaban J connectivity index is 0.000000152. The van der Waals surface area contributed by atoms with Crippen LogP contribution in [0, 0.1) is 0 Å². The molecule has 0 amide bonds. The first-order chi connectivity index (χ1) is 54.5. The normalized spacial score (nSPS) is 14.5. The minimum atomic E-state index is -0.363. The zero-order valence-corrected chi connectivity index (χ0v) is 65.4. The van der Waals surface area contributed by atoms with Crippen molar-refractivity contribution in [1.29, 1.82) is 0 Å². The first kappa shape index (κ1) is 81.8. The molecule has 6 aliphatic carbocycles. The molecule has 590 valence electrons. The van der Waals surface area contributed by atoms with E-state index >= 15 is 0 Å². The fourth-order valence-electron chi connectivity index (χ4n) is 16.9. The molecule has 0 atom stereocenters. The second-order valence-corrected chi connectivity index (χ2v) is 29.7. The van der Waals surface area contributed by atoms with Crippen molar-refractivity contribution in [1.82, 2.24) is 0 Å². The van der Waals surface area contributed by atoms with Gasteiger partial charge in [0, 0.05) is 125 Å². The summed E-state index contributed by atoms with van der Waals surface area (Å²) in [6.07, 6.45) is 33.5. The average Bonchev–Trinajstić information content (AvgIpc) is 0.750. The van der Waals surface area contributed by atoms with E-state index in [4.69, 9.17) is 41.7 Å². The van der Waals surface area contributed by atoms with Crippen molar-refractivity contribution < 1.29 is 88.8 Å². The molecule has 0 radical (unpaired) electrons. The van der Waals surface area contributed by atoms with Crippen LogP contribution in [0.5, 0.6) is 57.5 Å². The number of aliphatic imine (C=N–C) groups is 4. The molecule has 6 aliphatic rings. The Morgan fingerprint density at radius 1 is 0.237 bits per heavy atom. The van der Waals surface area contributed by atoms with Gasteiger partial charge >= 0.3 is 0 Å². The van der Waals surface area contributed by atoms with E-state index in [0.717, 1.165) is 172 Å². The monoisotopic (exact) mass is 1610 g/mol. The van der Waals surface area contributed by atoms with Gasteiger partial charge < -0.3 is 62.5 Å². The van der Waals surface area contributed by atoms with Crippen molar-refractivity contribution in [3.8, 4) is 90.9 Å². The number of hydrogen-bond acceptors (Lipinski definition) is 17. The number of aromatic hydroxyl groups is 10. The van der Waals surface area contributed by atoms with E-state index in [1.165, 1.54) is 159 Å². The molecule has 11 aromatic carbocycles. The number of nitrogens with zero attached hydrogens (tertiary/aromatic N) is 4. The predicted molar refractivity (Wildman–Crippen MR) is 448 cm³/mol. The molecular formula is C95H94N6Ni2O11. The summed E-state index contributed by atoms with van der Waals surface area (Å²) in [6.45, 7) is 0. The number of para-hydroxylation sites is 5. The number of hydrogen-bond donors (Lipinski definition) is 12. The first-order valence-corrected chi connectivity index (χ1v) is 39.1. The smallest absolute Gasteiger partial charge is 0.168 e. The SMILES string of the molecule is Nc1ccc2c(c1-c1c(N)ccc3c1CCCC3)CCCC2.O=Cc1cccc(O)c1O.Oc1cccc(C=Nc2ccc3c(c2-c2c(N=Cc4cccc(O)c4O)ccc4c2CCCC4)CCCC3)c1O.Oc1cccc(C=Nc2ccc3c(c2-c2c(N=Cc4cccc(O)c4O)ccc4c2CCCC4)CCCC3)c1O.[Ni].[Ni]. The predicted octanol–water partition coefficient (Wildman–Crippen LogP) is 20.1. The summed E-state index contributed by atoms with van der Waals surface area (Å²) >= 11 is 0. The van der Waals surface area contributed by atoms with Crippen molar-refractivity contribution in [2.24, 2.45) is 20.0 Å². The van der Waals surface area contributed by atoms with Crippen LogP contribution < -0.4 is 11.5 Å². The molecule has 0 saturated carbocycles. The Hall–Kier alpha value is -11.6. The fraction of sp³-hybridized carbons (Fsp3) is 0.253. The molecule has 19 heteroatoms. The number of aryl methyl sites for hydroxylation is 6. The number of phenolic OH excluding ortho intramolecular Hbond substituents is 10. The third-order valence-electron chi connectivity index (χ3n) is 22.7. The van der Waals surface area contributed by atoms with E-state index in [1.54, 1.807) is 73.4 Å². The summed E-state index contributed by atoms with van der Waals surface area (Å²) in [5, 5.41) is 99.2. The third kappa shape index (κ3) is 17.7. The number of carbonyl (C=O) groups is 1. The van der Waals surface area contributed by atoms with E-state index in [-0.39, 0.29) is 96.0 Å². The molecular weight excluding hydrogens is 1520 g/mol. The van der Waals surface area contributed by atoms with Gasteiger partial charge in [-0.05, 0) is 318 Å². The van der Waals surface area contributed by atoms with Crippen LogP contribution in [0.4, 0.5) is 34.1 Å². The Morgan fingerprint density at radius 3 is 0.649 bits per heavy atom. The Morgan fingerprint density at radius 2 is 0.430 bits per heavy atom. The third-order valence-corrected chi connectivity index (χ3v) is 22.7. The molecule has 0 heterocycles. The summed E-state index contributed by atoms with van der Waals surface area (Å²) in [5.41, 5.74) is 42.8. The number of carbonyl (C=O) groups excluding carboxylic acids is 1. The van der Waals surface area contributed by atoms with Crippen LogP contribution in [-0.2, 0) is 110 Å². The van der Waals surface area contributed by atoms with Gasteiger partial charge in [0.1, 0.15) is 0 Å². The fourth-order valence-corrected chi connectivity index (χ4v) is 16.9. The van der Waals surface area contributed by atoms with Crippen molar-refractivity contribution >= 4 is 65.3 Å². The van der Waals surface area contributed by atoms with Crippen molar-refractivity contribution in [2.75, 3.05) is 11.5 Å². The van der Waals surface area contributed by atoms with Crippen LogP contribution in [0.3, 0.4) is 0 Å². The molecule has 0 spiro atoms. The van der Waals surface area contributed by atoms with E-state index in [9.17, 15) is 45.6 Å². The van der Waals surface area contributed by atoms with E-state index in [2.05, 4.69) is 48.5 Å². The van der Waals surface area contributed by atoms with Crippen LogP contribution in [0.15, 0.2) is 184 Å². The maximum Gasteiger partial charge on any atom is 0.168 e.